The van der Waals surface area contributed by atoms with Crippen LogP contribution in [0.15, 0.2) is 24.3 Å². The van der Waals surface area contributed by atoms with Crippen LogP contribution in [0.1, 0.15) is 25.5 Å². The second-order valence-corrected chi connectivity index (χ2v) is 7.22. The zero-order valence-corrected chi connectivity index (χ0v) is 16.7. The number of ether oxygens (including phenoxy) is 2. The van der Waals surface area contributed by atoms with E-state index in [1.807, 2.05) is 14.1 Å². The van der Waals surface area contributed by atoms with Crippen molar-refractivity contribution in [1.82, 2.24) is 10.2 Å². The molecule has 0 unspecified atom stereocenters. The monoisotopic (exact) mass is 377 g/mol. The van der Waals surface area contributed by atoms with Crippen LogP contribution < -0.4 is 10.2 Å². The quantitative estimate of drug-likeness (QED) is 0.692. The lowest BCUT2D eigenvalue weighted by Gasteiger charge is -2.35. The lowest BCUT2D eigenvalue weighted by Crippen LogP contribution is -2.44. The number of carbonyl (C=O) groups excluding carboxylic acids is 2. The van der Waals surface area contributed by atoms with Crippen molar-refractivity contribution in [1.29, 1.82) is 0 Å². The molecule has 1 aromatic rings. The van der Waals surface area contributed by atoms with Crippen LogP contribution in [0.2, 0.25) is 0 Å². The highest BCUT2D eigenvalue weighted by atomic mass is 16.5. The summed E-state index contributed by atoms with van der Waals surface area (Å²) in [5.74, 6) is -0.893. The number of esters is 1. The molecule has 150 valence electrons. The van der Waals surface area contributed by atoms with E-state index in [1.165, 1.54) is 0 Å². The minimum Gasteiger partial charge on any atom is -0.455 e. The van der Waals surface area contributed by atoms with Gasteiger partial charge in [-0.25, -0.2) is 0 Å². The number of amides is 1. The number of nitrogens with one attached hydrogen (secondary N) is 1. The minimum atomic E-state index is -0.367. The summed E-state index contributed by atoms with van der Waals surface area (Å²) >= 11 is 0. The van der Waals surface area contributed by atoms with E-state index in [-0.39, 0.29) is 30.4 Å². The van der Waals surface area contributed by atoms with Crippen LogP contribution in [0.5, 0.6) is 0 Å². The lowest BCUT2D eigenvalue weighted by atomic mass is 10.0. The summed E-state index contributed by atoms with van der Waals surface area (Å²) in [5, 5.41) is 2.90. The highest BCUT2D eigenvalue weighted by Crippen LogP contribution is 2.23. The summed E-state index contributed by atoms with van der Waals surface area (Å²) in [5.41, 5.74) is 2.27. The zero-order valence-electron chi connectivity index (χ0n) is 16.7. The zero-order chi connectivity index (χ0) is 19.8. The average Bonchev–Trinajstić information content (AvgIpc) is 2.67. The van der Waals surface area contributed by atoms with Gasteiger partial charge in [-0.2, -0.15) is 0 Å². The first-order valence-electron chi connectivity index (χ1n) is 9.41. The van der Waals surface area contributed by atoms with E-state index < -0.39 is 0 Å². The summed E-state index contributed by atoms with van der Waals surface area (Å²) in [6.45, 7) is 6.71. The standard InChI is InChI=1S/C20H31N3O4/c1-15(2)20(25)27-14-19(24)21-13-18(23-9-11-26-12-10-23)16-5-7-17(8-6-16)22(3)4/h5-8,15,18H,9-14H2,1-4H3,(H,21,24)/t18-/m1/s1. The number of morpholine rings is 1. The van der Waals surface area contributed by atoms with Crippen LogP contribution in [-0.2, 0) is 19.1 Å². The van der Waals surface area contributed by atoms with Crippen LogP contribution in [-0.4, -0.2) is 70.3 Å². The van der Waals surface area contributed by atoms with Gasteiger partial charge in [-0.1, -0.05) is 26.0 Å². The van der Waals surface area contributed by atoms with Crippen LogP contribution in [0.3, 0.4) is 0 Å². The summed E-state index contributed by atoms with van der Waals surface area (Å²) in [6.07, 6.45) is 0. The van der Waals surface area contributed by atoms with Crippen molar-refractivity contribution < 1.29 is 19.1 Å². The molecule has 1 fully saturated rings. The van der Waals surface area contributed by atoms with Crippen molar-refractivity contribution in [2.75, 3.05) is 58.5 Å². The molecule has 0 aromatic heterocycles. The van der Waals surface area contributed by atoms with Crippen molar-refractivity contribution in [2.24, 2.45) is 5.92 Å². The van der Waals surface area contributed by atoms with Crippen molar-refractivity contribution in [3.63, 3.8) is 0 Å². The van der Waals surface area contributed by atoms with E-state index in [4.69, 9.17) is 9.47 Å². The van der Waals surface area contributed by atoms with Crippen LogP contribution in [0.4, 0.5) is 5.69 Å². The first kappa shape index (κ1) is 21.2. The predicted molar refractivity (Wildman–Crippen MR) is 105 cm³/mol. The van der Waals surface area contributed by atoms with Crippen molar-refractivity contribution in [3.8, 4) is 0 Å². The molecule has 2 rings (SSSR count). The molecule has 0 spiro atoms. The Bertz CT molecular complexity index is 610. The molecule has 1 aliphatic heterocycles. The third-order valence-electron chi connectivity index (χ3n) is 4.59. The van der Waals surface area contributed by atoms with Crippen molar-refractivity contribution in [2.45, 2.75) is 19.9 Å². The Hall–Kier alpha value is -2.12. The minimum absolute atomic E-state index is 0.0508. The number of anilines is 1. The largest absolute Gasteiger partial charge is 0.455 e. The van der Waals surface area contributed by atoms with Gasteiger partial charge in [0.2, 0.25) is 0 Å². The van der Waals surface area contributed by atoms with Gasteiger partial charge in [0, 0.05) is 39.4 Å². The van der Waals surface area contributed by atoms with Gasteiger partial charge in [-0.05, 0) is 17.7 Å². The number of rotatable bonds is 8. The Morgan fingerprint density at radius 1 is 1.19 bits per heavy atom. The maximum atomic E-state index is 12.1. The Morgan fingerprint density at radius 3 is 2.37 bits per heavy atom. The normalized spacial score (nSPS) is 16.0. The summed E-state index contributed by atoms with van der Waals surface area (Å²) < 4.78 is 10.5. The fraction of sp³-hybridized carbons (Fsp3) is 0.600. The highest BCUT2D eigenvalue weighted by Gasteiger charge is 2.23. The first-order chi connectivity index (χ1) is 12.9. The van der Waals surface area contributed by atoms with E-state index >= 15 is 0 Å². The molecule has 0 saturated carbocycles. The number of carbonyl (C=O) groups is 2. The molecule has 1 atom stereocenters. The maximum absolute atomic E-state index is 12.1. The number of hydrogen-bond acceptors (Lipinski definition) is 6. The molecule has 1 aromatic carbocycles. The molecule has 1 saturated heterocycles. The number of hydrogen-bond donors (Lipinski definition) is 1. The lowest BCUT2D eigenvalue weighted by molar-refractivity contribution is -0.151. The molecule has 7 heteroatoms. The smallest absolute Gasteiger partial charge is 0.308 e. The fourth-order valence-corrected chi connectivity index (χ4v) is 2.91. The molecule has 0 bridgehead atoms. The second-order valence-electron chi connectivity index (χ2n) is 7.22. The Balaban J connectivity index is 2.00. The molecule has 27 heavy (non-hydrogen) atoms. The van der Waals surface area contributed by atoms with Gasteiger partial charge in [0.1, 0.15) is 0 Å². The molecule has 0 aliphatic carbocycles. The summed E-state index contributed by atoms with van der Waals surface area (Å²) in [4.78, 5) is 28.0. The van der Waals surface area contributed by atoms with E-state index in [0.29, 0.717) is 19.8 Å². The van der Waals surface area contributed by atoms with Gasteiger partial charge in [-0.15, -0.1) is 0 Å². The number of benzene rings is 1. The third-order valence-corrected chi connectivity index (χ3v) is 4.59. The van der Waals surface area contributed by atoms with Gasteiger partial charge in [0.25, 0.3) is 5.91 Å². The van der Waals surface area contributed by atoms with E-state index in [2.05, 4.69) is 39.4 Å². The van der Waals surface area contributed by atoms with E-state index in [0.717, 1.165) is 24.3 Å². The highest BCUT2D eigenvalue weighted by molar-refractivity contribution is 5.81. The van der Waals surface area contributed by atoms with E-state index in [9.17, 15) is 9.59 Å². The fourth-order valence-electron chi connectivity index (χ4n) is 2.91. The molecular formula is C20H31N3O4. The van der Waals surface area contributed by atoms with Gasteiger partial charge in [0.05, 0.1) is 25.2 Å². The molecule has 1 heterocycles. The summed E-state index contributed by atoms with van der Waals surface area (Å²) in [7, 11) is 4.01. The van der Waals surface area contributed by atoms with Crippen LogP contribution >= 0.6 is 0 Å². The predicted octanol–water partition coefficient (Wildman–Crippen LogP) is 1.44. The topological polar surface area (TPSA) is 71.1 Å². The van der Waals surface area contributed by atoms with Gasteiger partial charge >= 0.3 is 5.97 Å². The Morgan fingerprint density at radius 2 is 1.81 bits per heavy atom. The van der Waals surface area contributed by atoms with Gasteiger partial charge < -0.3 is 19.7 Å². The molecule has 0 radical (unpaired) electrons. The third kappa shape index (κ3) is 6.52. The molecular weight excluding hydrogens is 346 g/mol. The molecule has 1 N–H and O–H groups in total. The van der Waals surface area contributed by atoms with Crippen LogP contribution in [0.25, 0.3) is 0 Å². The molecule has 1 amide bonds. The van der Waals surface area contributed by atoms with Gasteiger partial charge in [0.15, 0.2) is 6.61 Å². The molecule has 1 aliphatic rings. The average molecular weight is 377 g/mol. The maximum Gasteiger partial charge on any atom is 0.308 e. The second kappa shape index (κ2) is 10.3. The van der Waals surface area contributed by atoms with Gasteiger partial charge in [-0.3, -0.25) is 14.5 Å². The SMILES string of the molecule is CC(C)C(=O)OCC(=O)NC[C@H](c1ccc(N(C)C)cc1)N1CCOCC1. The van der Waals surface area contributed by atoms with Crippen molar-refractivity contribution >= 4 is 17.6 Å². The van der Waals surface area contributed by atoms with Crippen molar-refractivity contribution in [3.05, 3.63) is 29.8 Å². The number of nitrogens with zero attached hydrogens (tertiary/aromatic N) is 2. The Labute approximate surface area is 161 Å². The van der Waals surface area contributed by atoms with Crippen LogP contribution in [0, 0.1) is 5.92 Å². The van der Waals surface area contributed by atoms with E-state index in [1.54, 1.807) is 13.8 Å². The Kier molecular flexibility index (Phi) is 8.06. The molecule has 7 nitrogen and oxygen atoms in total. The summed E-state index contributed by atoms with van der Waals surface area (Å²) in [6, 6.07) is 8.40. The first-order valence-corrected chi connectivity index (χ1v) is 9.41.